The number of anilines is 2. The zero-order chi connectivity index (χ0) is 14.1. The largest absolute Gasteiger partial charge is 0.332 e. The number of halogens is 1. The van der Waals surface area contributed by atoms with Gasteiger partial charge in [-0.2, -0.15) is 0 Å². The van der Waals surface area contributed by atoms with Gasteiger partial charge in [0.1, 0.15) is 5.82 Å². The van der Waals surface area contributed by atoms with Gasteiger partial charge in [0.15, 0.2) is 5.11 Å². The van der Waals surface area contributed by atoms with E-state index < -0.39 is 0 Å². The van der Waals surface area contributed by atoms with Gasteiger partial charge >= 0.3 is 0 Å². The van der Waals surface area contributed by atoms with E-state index in [0.717, 1.165) is 17.8 Å². The molecule has 3 rings (SSSR count). The standard InChI is InChI=1S/C16H15FN2S/c1-11-10-12-4-2-3-5-15(12)19(11)16(20)18-14-8-6-13(17)7-9-14/h2-9,11H,10H2,1H3,(H,18,20)/t11-/m0/s1. The topological polar surface area (TPSA) is 15.3 Å². The first kappa shape index (κ1) is 13.1. The van der Waals surface area contributed by atoms with E-state index in [1.54, 1.807) is 12.1 Å². The average Bonchev–Trinajstić information content (AvgIpc) is 2.77. The Hall–Kier alpha value is -1.94. The Labute approximate surface area is 123 Å². The van der Waals surface area contributed by atoms with Crippen molar-refractivity contribution in [2.45, 2.75) is 19.4 Å². The maximum atomic E-state index is 12.9. The molecule has 0 bridgehead atoms. The maximum absolute atomic E-state index is 12.9. The second kappa shape index (κ2) is 5.21. The summed E-state index contributed by atoms with van der Waals surface area (Å²) in [5.41, 5.74) is 3.26. The number of nitrogens with zero attached hydrogens (tertiary/aromatic N) is 1. The van der Waals surface area contributed by atoms with Crippen molar-refractivity contribution in [1.29, 1.82) is 0 Å². The molecular formula is C16H15FN2S. The van der Waals surface area contributed by atoms with Crippen molar-refractivity contribution in [1.82, 2.24) is 0 Å². The zero-order valence-corrected chi connectivity index (χ0v) is 12.0. The number of hydrogen-bond donors (Lipinski definition) is 1. The number of benzene rings is 2. The minimum absolute atomic E-state index is 0.249. The number of rotatable bonds is 1. The monoisotopic (exact) mass is 286 g/mol. The zero-order valence-electron chi connectivity index (χ0n) is 11.1. The van der Waals surface area contributed by atoms with Crippen LogP contribution in [0.2, 0.25) is 0 Å². The van der Waals surface area contributed by atoms with E-state index in [2.05, 4.69) is 29.3 Å². The molecule has 0 amide bonds. The molecule has 1 aliphatic heterocycles. The lowest BCUT2D eigenvalue weighted by atomic mass is 10.1. The van der Waals surface area contributed by atoms with Crippen LogP contribution in [0.3, 0.4) is 0 Å². The molecule has 1 aliphatic rings. The molecule has 0 aliphatic carbocycles. The van der Waals surface area contributed by atoms with Crippen molar-refractivity contribution < 1.29 is 4.39 Å². The second-order valence-electron chi connectivity index (χ2n) is 4.99. The highest BCUT2D eigenvalue weighted by Crippen LogP contribution is 2.32. The van der Waals surface area contributed by atoms with Gasteiger partial charge in [0.25, 0.3) is 0 Å². The Kier molecular flexibility index (Phi) is 3.40. The van der Waals surface area contributed by atoms with Crippen LogP contribution in [0.1, 0.15) is 12.5 Å². The van der Waals surface area contributed by atoms with Gasteiger partial charge < -0.3 is 10.2 Å². The molecule has 2 aromatic rings. The third-order valence-corrected chi connectivity index (χ3v) is 3.82. The fraction of sp³-hybridized carbons (Fsp3) is 0.188. The molecule has 0 radical (unpaired) electrons. The summed E-state index contributed by atoms with van der Waals surface area (Å²) in [7, 11) is 0. The number of para-hydroxylation sites is 1. The summed E-state index contributed by atoms with van der Waals surface area (Å²) >= 11 is 5.50. The Balaban J connectivity index is 1.82. The average molecular weight is 286 g/mol. The highest BCUT2D eigenvalue weighted by Gasteiger charge is 2.28. The van der Waals surface area contributed by atoms with Crippen molar-refractivity contribution >= 4 is 28.7 Å². The highest BCUT2D eigenvalue weighted by molar-refractivity contribution is 7.80. The summed E-state index contributed by atoms with van der Waals surface area (Å²) in [6.07, 6.45) is 0.988. The van der Waals surface area contributed by atoms with Crippen molar-refractivity contribution in [2.24, 2.45) is 0 Å². The van der Waals surface area contributed by atoms with Gasteiger partial charge in [-0.25, -0.2) is 4.39 Å². The molecule has 0 fully saturated rings. The molecule has 0 spiro atoms. The molecule has 0 aromatic heterocycles. The van der Waals surface area contributed by atoms with Crippen LogP contribution in [0.4, 0.5) is 15.8 Å². The van der Waals surface area contributed by atoms with Gasteiger partial charge in [-0.3, -0.25) is 0 Å². The summed E-state index contributed by atoms with van der Waals surface area (Å²) in [6.45, 7) is 2.15. The van der Waals surface area contributed by atoms with E-state index >= 15 is 0 Å². The van der Waals surface area contributed by atoms with Gasteiger partial charge in [-0.1, -0.05) is 18.2 Å². The van der Waals surface area contributed by atoms with Gasteiger partial charge in [0, 0.05) is 17.4 Å². The van der Waals surface area contributed by atoms with E-state index in [-0.39, 0.29) is 5.82 Å². The molecular weight excluding hydrogens is 271 g/mol. The number of fused-ring (bicyclic) bond motifs is 1. The smallest absolute Gasteiger partial charge is 0.178 e. The quantitative estimate of drug-likeness (QED) is 0.798. The van der Waals surface area contributed by atoms with Crippen LogP contribution in [-0.4, -0.2) is 11.2 Å². The molecule has 0 unspecified atom stereocenters. The number of hydrogen-bond acceptors (Lipinski definition) is 1. The first-order valence-electron chi connectivity index (χ1n) is 6.59. The predicted molar refractivity (Wildman–Crippen MR) is 84.7 cm³/mol. The molecule has 4 heteroatoms. The molecule has 0 saturated carbocycles. The van der Waals surface area contributed by atoms with Crippen molar-refractivity contribution in [3.63, 3.8) is 0 Å². The van der Waals surface area contributed by atoms with Crippen molar-refractivity contribution in [3.05, 3.63) is 59.9 Å². The predicted octanol–water partition coefficient (Wildman–Crippen LogP) is 3.97. The van der Waals surface area contributed by atoms with E-state index in [1.165, 1.54) is 17.7 Å². The Bertz CT molecular complexity index is 639. The van der Waals surface area contributed by atoms with Gasteiger partial charge in [-0.05, 0) is 61.5 Å². The van der Waals surface area contributed by atoms with E-state index in [9.17, 15) is 4.39 Å². The van der Waals surface area contributed by atoms with E-state index in [4.69, 9.17) is 12.2 Å². The number of nitrogens with one attached hydrogen (secondary N) is 1. The summed E-state index contributed by atoms with van der Waals surface area (Å²) in [5, 5.41) is 3.82. The third kappa shape index (κ3) is 2.39. The Morgan fingerprint density at radius 2 is 1.90 bits per heavy atom. The fourth-order valence-electron chi connectivity index (χ4n) is 2.59. The SMILES string of the molecule is C[C@H]1Cc2ccccc2N1C(=S)Nc1ccc(F)cc1. The summed E-state index contributed by atoms with van der Waals surface area (Å²) in [6, 6.07) is 14.8. The van der Waals surface area contributed by atoms with Crippen molar-refractivity contribution in [3.8, 4) is 0 Å². The lowest BCUT2D eigenvalue weighted by Gasteiger charge is -2.26. The molecule has 2 nitrogen and oxygen atoms in total. The normalized spacial score (nSPS) is 16.9. The Morgan fingerprint density at radius 3 is 2.65 bits per heavy atom. The van der Waals surface area contributed by atoms with Crippen molar-refractivity contribution in [2.75, 3.05) is 10.2 Å². The van der Waals surface area contributed by atoms with Gasteiger partial charge in [0.05, 0.1) is 0 Å². The van der Waals surface area contributed by atoms with Crippen LogP contribution in [0.25, 0.3) is 0 Å². The molecule has 2 aromatic carbocycles. The molecule has 20 heavy (non-hydrogen) atoms. The summed E-state index contributed by atoms with van der Waals surface area (Å²) in [4.78, 5) is 2.12. The minimum atomic E-state index is -0.249. The summed E-state index contributed by atoms with van der Waals surface area (Å²) < 4.78 is 12.9. The van der Waals surface area contributed by atoms with Crippen LogP contribution >= 0.6 is 12.2 Å². The molecule has 1 heterocycles. The third-order valence-electron chi connectivity index (χ3n) is 3.52. The lowest BCUT2D eigenvalue weighted by molar-refractivity contribution is 0.628. The molecule has 1 N–H and O–H groups in total. The second-order valence-corrected chi connectivity index (χ2v) is 5.38. The highest BCUT2D eigenvalue weighted by atomic mass is 32.1. The van der Waals surface area contributed by atoms with Crippen LogP contribution in [-0.2, 0) is 6.42 Å². The van der Waals surface area contributed by atoms with Crippen LogP contribution in [0.15, 0.2) is 48.5 Å². The Morgan fingerprint density at radius 1 is 1.20 bits per heavy atom. The molecule has 0 saturated heterocycles. The van der Waals surface area contributed by atoms with E-state index in [1.807, 2.05) is 12.1 Å². The maximum Gasteiger partial charge on any atom is 0.178 e. The van der Waals surface area contributed by atoms with Gasteiger partial charge in [0.2, 0.25) is 0 Å². The first-order valence-corrected chi connectivity index (χ1v) is 6.99. The minimum Gasteiger partial charge on any atom is -0.332 e. The van der Waals surface area contributed by atoms with Gasteiger partial charge in [-0.15, -0.1) is 0 Å². The fourth-order valence-corrected chi connectivity index (χ4v) is 2.99. The lowest BCUT2D eigenvalue weighted by Crippen LogP contribution is -2.38. The molecule has 102 valence electrons. The first-order chi connectivity index (χ1) is 9.65. The van der Waals surface area contributed by atoms with E-state index in [0.29, 0.717) is 11.2 Å². The number of thiocarbonyl (C=S) groups is 1. The summed E-state index contributed by atoms with van der Waals surface area (Å²) in [5.74, 6) is -0.249. The molecule has 1 atom stereocenters. The van der Waals surface area contributed by atoms with Crippen LogP contribution in [0.5, 0.6) is 0 Å². The van der Waals surface area contributed by atoms with Crippen LogP contribution in [0, 0.1) is 5.82 Å². The van der Waals surface area contributed by atoms with Crippen LogP contribution < -0.4 is 10.2 Å².